The first-order chi connectivity index (χ1) is 29.0. The molecule has 9 heteroatoms. The van der Waals surface area contributed by atoms with E-state index in [4.69, 9.17) is 14.5 Å². The predicted molar refractivity (Wildman–Crippen MR) is 221 cm³/mol. The lowest BCUT2D eigenvalue weighted by Gasteiger charge is -2.36. The van der Waals surface area contributed by atoms with E-state index in [9.17, 15) is 19.5 Å². The van der Waals surface area contributed by atoms with Gasteiger partial charge in [-0.05, 0) is 57.7 Å². The molecule has 2 aliphatic carbocycles. The van der Waals surface area contributed by atoms with Crippen molar-refractivity contribution < 1.29 is 29.0 Å². The van der Waals surface area contributed by atoms with Crippen LogP contribution in [0.15, 0.2) is 187 Å². The number of hydrogen-bond acceptors (Lipinski definition) is 8. The summed E-state index contributed by atoms with van der Waals surface area (Å²) in [5.74, 6) is -4.43. The first-order valence-corrected chi connectivity index (χ1v) is 19.8. The second-order valence-corrected chi connectivity index (χ2v) is 15.0. The average Bonchev–Trinajstić information content (AvgIpc) is 3.91. The lowest BCUT2D eigenvalue weighted by molar-refractivity contribution is -0.158. The topological polar surface area (TPSA) is 119 Å². The summed E-state index contributed by atoms with van der Waals surface area (Å²) >= 11 is 0. The predicted octanol–water partition coefficient (Wildman–Crippen LogP) is 7.35. The van der Waals surface area contributed by atoms with Crippen LogP contribution in [0.4, 0.5) is 0 Å². The number of imide groups is 1. The van der Waals surface area contributed by atoms with E-state index in [1.807, 2.05) is 152 Å². The molecule has 2 bridgehead atoms. The number of benzene rings is 4. The zero-order valence-electron chi connectivity index (χ0n) is 32.1. The summed E-state index contributed by atoms with van der Waals surface area (Å²) < 4.78 is 11.4. The Morgan fingerprint density at radius 2 is 1.27 bits per heavy atom. The smallest absolute Gasteiger partial charge is 0.320 e. The molecular formula is C50H41N3O6. The van der Waals surface area contributed by atoms with Crippen LogP contribution in [0.1, 0.15) is 39.6 Å². The second-order valence-electron chi connectivity index (χ2n) is 15.0. The van der Waals surface area contributed by atoms with Gasteiger partial charge in [0.05, 0.1) is 36.4 Å². The highest BCUT2D eigenvalue weighted by Gasteiger charge is 2.66. The van der Waals surface area contributed by atoms with Crippen LogP contribution in [-0.4, -0.2) is 57.7 Å². The molecule has 6 aromatic rings. The molecule has 9 rings (SSSR count). The molecule has 0 radical (unpaired) electrons. The molecule has 2 aromatic heterocycles. The molecule has 292 valence electrons. The van der Waals surface area contributed by atoms with Crippen molar-refractivity contribution in [1.82, 2.24) is 14.9 Å². The molecule has 2 amide bonds. The van der Waals surface area contributed by atoms with Gasteiger partial charge in [-0.2, -0.15) is 0 Å². The van der Waals surface area contributed by atoms with E-state index in [2.05, 4.69) is 4.98 Å². The lowest BCUT2D eigenvalue weighted by Crippen LogP contribution is -2.39. The number of carbonyl (C=O) groups excluding carboxylic acids is 3. The van der Waals surface area contributed by atoms with Crippen molar-refractivity contribution in [2.24, 2.45) is 23.7 Å². The van der Waals surface area contributed by atoms with Crippen LogP contribution in [-0.2, 0) is 29.5 Å². The molecule has 1 N–H and O–H groups in total. The van der Waals surface area contributed by atoms with Crippen molar-refractivity contribution in [3.63, 3.8) is 0 Å². The molecule has 0 spiro atoms. The fourth-order valence-corrected chi connectivity index (χ4v) is 9.29. The highest BCUT2D eigenvalue weighted by molar-refractivity contribution is 6.08. The van der Waals surface area contributed by atoms with Gasteiger partial charge in [-0.25, -0.2) is 0 Å². The van der Waals surface area contributed by atoms with E-state index in [1.54, 1.807) is 24.5 Å². The number of aliphatic hydroxyl groups is 1. The van der Waals surface area contributed by atoms with Gasteiger partial charge in [0, 0.05) is 29.8 Å². The van der Waals surface area contributed by atoms with Crippen LogP contribution in [0.3, 0.4) is 0 Å². The number of carbonyl (C=O) groups is 3. The summed E-state index contributed by atoms with van der Waals surface area (Å²) in [6.45, 7) is -0.401. The number of rotatable bonds is 13. The molecule has 9 nitrogen and oxygen atoms in total. The number of fused-ring (bicyclic) bond motifs is 5. The Kier molecular flexibility index (Phi) is 10.4. The summed E-state index contributed by atoms with van der Waals surface area (Å²) in [4.78, 5) is 53.4. The van der Waals surface area contributed by atoms with Crippen LogP contribution in [0.5, 0.6) is 0 Å². The lowest BCUT2D eigenvalue weighted by atomic mass is 9.71. The number of nitrogens with zero attached hydrogens (tertiary/aromatic N) is 3. The maximum absolute atomic E-state index is 14.8. The molecule has 2 fully saturated rings. The number of allylic oxidation sites excluding steroid dienone is 2. The van der Waals surface area contributed by atoms with Gasteiger partial charge in [0.25, 0.3) is 0 Å². The quantitative estimate of drug-likeness (QED) is 0.0425. The molecule has 59 heavy (non-hydrogen) atoms. The van der Waals surface area contributed by atoms with Crippen molar-refractivity contribution in [3.8, 4) is 0 Å². The van der Waals surface area contributed by atoms with E-state index < -0.39 is 41.2 Å². The molecule has 1 saturated carbocycles. The van der Waals surface area contributed by atoms with Gasteiger partial charge in [0.2, 0.25) is 11.8 Å². The Morgan fingerprint density at radius 1 is 0.695 bits per heavy atom. The van der Waals surface area contributed by atoms with E-state index in [1.165, 1.54) is 4.90 Å². The normalized spacial score (nSPS) is 21.3. The Morgan fingerprint density at radius 3 is 1.88 bits per heavy atom. The number of amides is 2. The minimum absolute atomic E-state index is 0.0220. The fraction of sp³-hybridized carbons (Fsp3) is 0.180. The molecule has 3 heterocycles. The minimum Gasteiger partial charge on any atom is -0.438 e. The molecule has 1 aliphatic heterocycles. The summed E-state index contributed by atoms with van der Waals surface area (Å²) in [7, 11) is 0. The summed E-state index contributed by atoms with van der Waals surface area (Å²) in [6, 6.07) is 49.1. The van der Waals surface area contributed by atoms with Crippen molar-refractivity contribution in [1.29, 1.82) is 0 Å². The highest BCUT2D eigenvalue weighted by Crippen LogP contribution is 2.64. The number of hydrogen-bond donors (Lipinski definition) is 1. The van der Waals surface area contributed by atoms with Crippen LogP contribution < -0.4 is 0 Å². The maximum Gasteiger partial charge on any atom is 0.320 e. The van der Waals surface area contributed by atoms with Gasteiger partial charge in [0.1, 0.15) is 5.92 Å². The Bertz CT molecular complexity index is 2390. The monoisotopic (exact) mass is 779 g/mol. The van der Waals surface area contributed by atoms with Gasteiger partial charge in [-0.15, -0.1) is 0 Å². The second kappa shape index (κ2) is 16.2. The minimum atomic E-state index is -1.72. The standard InChI is InChI=1S/C50H41N3O6/c54-47-44-37-31-38(50(57,36-23-11-4-12-24-36)40-26-14-16-28-52-40)45(43(37)42(35-21-9-3-10-22-35)39-25-13-15-27-51-39)46(44)48(55)53(47)29-30-58-32-59-49(56)41(33-17-5-1-6-18-33)34-19-7-2-8-20-34/h1-28,31,37,41,44-46,57H,29-30,32H2. The molecule has 4 aromatic carbocycles. The molecule has 5 unspecified atom stereocenters. The van der Waals surface area contributed by atoms with Crippen LogP contribution in [0, 0.1) is 23.7 Å². The molecule has 1 saturated heterocycles. The van der Waals surface area contributed by atoms with Crippen molar-refractivity contribution in [2.75, 3.05) is 19.9 Å². The van der Waals surface area contributed by atoms with E-state index in [0.717, 1.165) is 27.8 Å². The van der Waals surface area contributed by atoms with Crippen molar-refractivity contribution in [3.05, 3.63) is 221 Å². The Labute approximate surface area is 342 Å². The third-order valence-corrected chi connectivity index (χ3v) is 11.8. The van der Waals surface area contributed by atoms with Gasteiger partial charge in [-0.1, -0.05) is 140 Å². The zero-order chi connectivity index (χ0) is 40.3. The summed E-state index contributed by atoms with van der Waals surface area (Å²) in [5.41, 5.74) is 4.80. The van der Waals surface area contributed by atoms with Gasteiger partial charge >= 0.3 is 5.97 Å². The maximum atomic E-state index is 14.8. The van der Waals surface area contributed by atoms with Crippen LogP contribution >= 0.6 is 0 Å². The third kappa shape index (κ3) is 6.78. The first-order valence-electron chi connectivity index (χ1n) is 19.8. The number of ether oxygens (including phenoxy) is 2. The largest absolute Gasteiger partial charge is 0.438 e. The zero-order valence-corrected chi connectivity index (χ0v) is 32.1. The fourth-order valence-electron chi connectivity index (χ4n) is 9.29. The van der Waals surface area contributed by atoms with Crippen molar-refractivity contribution >= 4 is 23.4 Å². The SMILES string of the molecule is O=C(OCOCCN1C(=O)C2C3C=C(C(O)(c4ccccc4)c4ccccn4)C(C3=C(c3ccccc3)c3ccccn3)C2C1=O)C(c1ccccc1)c1ccccc1. The van der Waals surface area contributed by atoms with Crippen LogP contribution in [0.25, 0.3) is 5.57 Å². The molecular weight excluding hydrogens is 739 g/mol. The van der Waals surface area contributed by atoms with Crippen LogP contribution in [0.2, 0.25) is 0 Å². The average molecular weight is 780 g/mol. The number of pyridine rings is 2. The summed E-state index contributed by atoms with van der Waals surface area (Å²) in [5, 5.41) is 13.1. The first kappa shape index (κ1) is 37.7. The van der Waals surface area contributed by atoms with E-state index in [-0.39, 0.29) is 31.8 Å². The van der Waals surface area contributed by atoms with Gasteiger partial charge in [-0.3, -0.25) is 29.3 Å². The molecule has 3 aliphatic rings. The molecule has 5 atom stereocenters. The summed E-state index contributed by atoms with van der Waals surface area (Å²) in [6.07, 6.45) is 5.37. The van der Waals surface area contributed by atoms with E-state index in [0.29, 0.717) is 22.5 Å². The number of likely N-dealkylation sites (tertiary alicyclic amines) is 1. The Hall–Kier alpha value is -6.81. The van der Waals surface area contributed by atoms with E-state index >= 15 is 0 Å². The highest BCUT2D eigenvalue weighted by atomic mass is 16.7. The Balaban J connectivity index is 1.02. The number of esters is 1. The number of aromatic nitrogens is 2. The van der Waals surface area contributed by atoms with Gasteiger partial charge < -0.3 is 14.6 Å². The van der Waals surface area contributed by atoms with Crippen molar-refractivity contribution in [2.45, 2.75) is 11.5 Å². The van der Waals surface area contributed by atoms with Gasteiger partial charge in [0.15, 0.2) is 12.4 Å². The third-order valence-electron chi connectivity index (χ3n) is 11.8.